The molecule has 2 rings (SSSR count). The van der Waals surface area contributed by atoms with Gasteiger partial charge >= 0.3 is 0 Å². The molecule has 1 aromatic rings. The summed E-state index contributed by atoms with van der Waals surface area (Å²) in [4.78, 5) is 0. The van der Waals surface area contributed by atoms with E-state index in [0.29, 0.717) is 5.92 Å². The smallest absolute Gasteiger partial charge is 0.125 e. The van der Waals surface area contributed by atoms with Gasteiger partial charge < -0.3 is 20.3 Å². The molecule has 1 aliphatic carbocycles. The third kappa shape index (κ3) is 7.71. The number of nitrogens with two attached hydrogens (primary N) is 1. The van der Waals surface area contributed by atoms with Gasteiger partial charge in [0.2, 0.25) is 0 Å². The average Bonchev–Trinajstić information content (AvgIpc) is 3.44. The first-order valence-corrected chi connectivity index (χ1v) is 10.6. The first-order valence-electron chi connectivity index (χ1n) is 10.6. The van der Waals surface area contributed by atoms with Crippen molar-refractivity contribution in [3.8, 4) is 11.5 Å². The molecule has 0 aliphatic heterocycles. The van der Waals surface area contributed by atoms with Crippen LogP contribution in [0.1, 0.15) is 71.3 Å². The molecule has 0 heterocycles. The van der Waals surface area contributed by atoms with E-state index < -0.39 is 5.54 Å². The molecule has 0 spiro atoms. The Hall–Kier alpha value is -1.26. The highest BCUT2D eigenvalue weighted by Gasteiger charge is 2.33. The molecule has 4 nitrogen and oxygen atoms in total. The Kier molecular flexibility index (Phi) is 8.43. The molecular weight excluding hydrogens is 338 g/mol. The summed E-state index contributed by atoms with van der Waals surface area (Å²) in [6, 6.07) is 6.07. The van der Waals surface area contributed by atoms with Crippen LogP contribution in [-0.4, -0.2) is 30.5 Å². The van der Waals surface area contributed by atoms with Crippen LogP contribution in [0.15, 0.2) is 18.2 Å². The maximum absolute atomic E-state index is 9.74. The summed E-state index contributed by atoms with van der Waals surface area (Å²) in [5.41, 5.74) is 7.07. The van der Waals surface area contributed by atoms with Crippen LogP contribution >= 0.6 is 0 Å². The van der Waals surface area contributed by atoms with Gasteiger partial charge in [-0.3, -0.25) is 0 Å². The van der Waals surface area contributed by atoms with Crippen molar-refractivity contribution in [2.75, 3.05) is 13.7 Å². The number of benzene rings is 1. The molecule has 3 N–H and O–H groups in total. The lowest BCUT2D eigenvalue weighted by atomic mass is 9.87. The van der Waals surface area contributed by atoms with Crippen LogP contribution in [0.2, 0.25) is 0 Å². The third-order valence-corrected chi connectivity index (χ3v) is 5.59. The minimum atomic E-state index is -0.480. The zero-order valence-electron chi connectivity index (χ0n) is 17.7. The van der Waals surface area contributed by atoms with Crippen LogP contribution < -0.4 is 15.2 Å². The van der Waals surface area contributed by atoms with Gasteiger partial charge in [-0.15, -0.1) is 0 Å². The monoisotopic (exact) mass is 377 g/mol. The van der Waals surface area contributed by atoms with Crippen LogP contribution in [0.25, 0.3) is 0 Å². The number of methoxy groups -OCH3 is 1. The van der Waals surface area contributed by atoms with Gasteiger partial charge in [0.15, 0.2) is 0 Å². The fourth-order valence-electron chi connectivity index (χ4n) is 3.64. The number of ether oxygens (including phenoxy) is 2. The van der Waals surface area contributed by atoms with Gasteiger partial charge in [0.05, 0.1) is 19.8 Å². The molecule has 2 unspecified atom stereocenters. The van der Waals surface area contributed by atoms with Crippen molar-refractivity contribution in [2.45, 2.75) is 83.8 Å². The largest absolute Gasteiger partial charge is 0.496 e. The number of hydrogen-bond donors (Lipinski definition) is 2. The zero-order valence-corrected chi connectivity index (χ0v) is 17.7. The highest BCUT2D eigenvalue weighted by atomic mass is 16.5. The van der Waals surface area contributed by atoms with E-state index in [-0.39, 0.29) is 12.7 Å². The Morgan fingerprint density at radius 1 is 1.22 bits per heavy atom. The van der Waals surface area contributed by atoms with Gasteiger partial charge in [0, 0.05) is 11.6 Å². The van der Waals surface area contributed by atoms with E-state index in [1.165, 1.54) is 25.7 Å². The van der Waals surface area contributed by atoms with Crippen molar-refractivity contribution in [2.24, 2.45) is 17.6 Å². The number of aryl methyl sites for hydroxylation is 1. The summed E-state index contributed by atoms with van der Waals surface area (Å²) >= 11 is 0. The summed E-state index contributed by atoms with van der Waals surface area (Å²) in [6.45, 7) is 6.68. The van der Waals surface area contributed by atoms with Crippen LogP contribution in [0.4, 0.5) is 0 Å². The van der Waals surface area contributed by atoms with E-state index in [9.17, 15) is 5.11 Å². The second-order valence-corrected chi connectivity index (χ2v) is 8.89. The molecule has 1 aliphatic rings. The van der Waals surface area contributed by atoms with Crippen molar-refractivity contribution < 1.29 is 14.6 Å². The topological polar surface area (TPSA) is 64.7 Å². The molecule has 154 valence electrons. The van der Waals surface area contributed by atoms with E-state index in [4.69, 9.17) is 15.2 Å². The fraction of sp³-hybridized carbons (Fsp3) is 0.739. The maximum atomic E-state index is 9.74. The molecule has 2 atom stereocenters. The van der Waals surface area contributed by atoms with E-state index in [0.717, 1.165) is 48.7 Å². The molecule has 0 saturated heterocycles. The van der Waals surface area contributed by atoms with E-state index in [1.807, 2.05) is 12.1 Å². The van der Waals surface area contributed by atoms with Crippen molar-refractivity contribution >= 4 is 0 Å². The van der Waals surface area contributed by atoms with Crippen molar-refractivity contribution in [3.63, 3.8) is 0 Å². The summed E-state index contributed by atoms with van der Waals surface area (Å²) in [5, 5.41) is 9.74. The first kappa shape index (κ1) is 22.0. The fourth-order valence-corrected chi connectivity index (χ4v) is 3.64. The SMILES string of the molecule is COc1cc(OC(C)CCCC(C)C)ccc1CCC(N)(CO)CC1CC1. The van der Waals surface area contributed by atoms with Gasteiger partial charge in [-0.05, 0) is 62.5 Å². The van der Waals surface area contributed by atoms with Crippen molar-refractivity contribution in [1.82, 2.24) is 0 Å². The molecule has 0 radical (unpaired) electrons. The van der Waals surface area contributed by atoms with Gasteiger partial charge in [-0.2, -0.15) is 0 Å². The van der Waals surface area contributed by atoms with E-state index in [2.05, 4.69) is 26.8 Å². The number of aliphatic hydroxyl groups is 1. The Morgan fingerprint density at radius 2 is 1.96 bits per heavy atom. The van der Waals surface area contributed by atoms with E-state index in [1.54, 1.807) is 7.11 Å². The predicted octanol–water partition coefficient (Wildman–Crippen LogP) is 4.71. The van der Waals surface area contributed by atoms with Crippen molar-refractivity contribution in [1.29, 1.82) is 0 Å². The normalized spacial score (nSPS) is 17.6. The zero-order chi connectivity index (χ0) is 19.9. The first-order chi connectivity index (χ1) is 12.8. The second-order valence-electron chi connectivity index (χ2n) is 8.89. The Labute approximate surface area is 165 Å². The highest BCUT2D eigenvalue weighted by molar-refractivity contribution is 5.41. The summed E-state index contributed by atoms with van der Waals surface area (Å²) in [5.74, 6) is 3.14. The molecule has 4 heteroatoms. The summed E-state index contributed by atoms with van der Waals surface area (Å²) in [6.07, 6.45) is 8.68. The molecule has 1 saturated carbocycles. The summed E-state index contributed by atoms with van der Waals surface area (Å²) < 4.78 is 11.7. The van der Waals surface area contributed by atoms with Crippen LogP contribution in [-0.2, 0) is 6.42 Å². The number of hydrogen-bond acceptors (Lipinski definition) is 4. The quantitative estimate of drug-likeness (QED) is 0.522. The average molecular weight is 378 g/mol. The lowest BCUT2D eigenvalue weighted by Gasteiger charge is -2.27. The lowest BCUT2D eigenvalue weighted by molar-refractivity contribution is 0.172. The van der Waals surface area contributed by atoms with Crippen molar-refractivity contribution in [3.05, 3.63) is 23.8 Å². The standard InChI is InChI=1S/C23H39NO3/c1-17(2)6-5-7-18(3)27-21-11-10-20(22(14-21)26-4)12-13-23(24,16-25)15-19-8-9-19/h10-11,14,17-19,25H,5-9,12-13,15-16,24H2,1-4H3. The third-order valence-electron chi connectivity index (χ3n) is 5.59. The van der Waals surface area contributed by atoms with Crippen LogP contribution in [0, 0.1) is 11.8 Å². The molecule has 0 amide bonds. The molecule has 27 heavy (non-hydrogen) atoms. The van der Waals surface area contributed by atoms with Gasteiger partial charge in [0.1, 0.15) is 11.5 Å². The van der Waals surface area contributed by atoms with Crippen LogP contribution in [0.5, 0.6) is 11.5 Å². The highest BCUT2D eigenvalue weighted by Crippen LogP contribution is 2.38. The minimum absolute atomic E-state index is 0.0426. The molecular formula is C23H39NO3. The maximum Gasteiger partial charge on any atom is 0.125 e. The lowest BCUT2D eigenvalue weighted by Crippen LogP contribution is -2.44. The molecule has 0 aromatic heterocycles. The van der Waals surface area contributed by atoms with Gasteiger partial charge in [-0.1, -0.05) is 39.2 Å². The predicted molar refractivity (Wildman–Crippen MR) is 111 cm³/mol. The Balaban J connectivity index is 1.90. The summed E-state index contributed by atoms with van der Waals surface area (Å²) in [7, 11) is 1.70. The molecule has 1 fully saturated rings. The van der Waals surface area contributed by atoms with E-state index >= 15 is 0 Å². The Bertz CT molecular complexity index is 571. The Morgan fingerprint density at radius 3 is 2.56 bits per heavy atom. The molecule has 0 bridgehead atoms. The number of aliphatic hydroxyl groups excluding tert-OH is 1. The van der Waals surface area contributed by atoms with Gasteiger partial charge in [-0.25, -0.2) is 0 Å². The van der Waals surface area contributed by atoms with Gasteiger partial charge in [0.25, 0.3) is 0 Å². The number of rotatable bonds is 13. The minimum Gasteiger partial charge on any atom is -0.496 e. The van der Waals surface area contributed by atoms with Crippen LogP contribution in [0.3, 0.4) is 0 Å². The molecule has 1 aromatic carbocycles. The second kappa shape index (κ2) is 10.3.